The zero-order valence-electron chi connectivity index (χ0n) is 10.6. The zero-order valence-corrected chi connectivity index (χ0v) is 11.4. The third-order valence-electron chi connectivity index (χ3n) is 4.04. The molecule has 0 amide bonds. The second-order valence-corrected chi connectivity index (χ2v) is 6.01. The SMILES string of the molecule is Cc1cc(C(N)=S)nc(NCC2(C3CC3)CC2)n1. The van der Waals surface area contributed by atoms with Crippen LogP contribution in [-0.4, -0.2) is 21.5 Å². The molecule has 2 fully saturated rings. The zero-order chi connectivity index (χ0) is 12.8. The van der Waals surface area contributed by atoms with Gasteiger partial charge in [-0.05, 0) is 50.0 Å². The van der Waals surface area contributed by atoms with Crippen molar-refractivity contribution in [1.82, 2.24) is 9.97 Å². The van der Waals surface area contributed by atoms with E-state index in [9.17, 15) is 0 Å². The van der Waals surface area contributed by atoms with Crippen LogP contribution in [-0.2, 0) is 0 Å². The van der Waals surface area contributed by atoms with E-state index in [0.717, 1.165) is 18.2 Å². The Morgan fingerprint density at radius 2 is 2.22 bits per heavy atom. The van der Waals surface area contributed by atoms with E-state index in [1.54, 1.807) is 0 Å². The fourth-order valence-electron chi connectivity index (χ4n) is 2.61. The van der Waals surface area contributed by atoms with Gasteiger partial charge in [0.1, 0.15) is 10.7 Å². The van der Waals surface area contributed by atoms with Crippen LogP contribution in [0.4, 0.5) is 5.95 Å². The number of nitrogens with two attached hydrogens (primary N) is 1. The lowest BCUT2D eigenvalue weighted by Gasteiger charge is -2.15. The highest BCUT2D eigenvalue weighted by Crippen LogP contribution is 2.61. The Hall–Kier alpha value is -1.23. The van der Waals surface area contributed by atoms with Gasteiger partial charge in [0.05, 0.1) is 0 Å². The van der Waals surface area contributed by atoms with Gasteiger partial charge in [0.15, 0.2) is 0 Å². The number of rotatable bonds is 5. The van der Waals surface area contributed by atoms with E-state index in [1.807, 2.05) is 13.0 Å². The van der Waals surface area contributed by atoms with E-state index in [4.69, 9.17) is 18.0 Å². The summed E-state index contributed by atoms with van der Waals surface area (Å²) in [6.45, 7) is 2.92. The summed E-state index contributed by atoms with van der Waals surface area (Å²) in [7, 11) is 0. The van der Waals surface area contributed by atoms with Crippen molar-refractivity contribution in [2.75, 3.05) is 11.9 Å². The Balaban J connectivity index is 1.70. The molecule has 0 atom stereocenters. The minimum atomic E-state index is 0.326. The summed E-state index contributed by atoms with van der Waals surface area (Å²) in [4.78, 5) is 9.07. The minimum Gasteiger partial charge on any atom is -0.388 e. The van der Waals surface area contributed by atoms with Gasteiger partial charge >= 0.3 is 0 Å². The lowest BCUT2D eigenvalue weighted by atomic mass is 10.0. The summed E-state index contributed by atoms with van der Waals surface area (Å²) in [6, 6.07) is 1.82. The molecule has 2 aliphatic carbocycles. The minimum absolute atomic E-state index is 0.326. The molecular weight excluding hydrogens is 244 g/mol. The molecule has 4 nitrogen and oxygen atoms in total. The van der Waals surface area contributed by atoms with Gasteiger partial charge in [0, 0.05) is 12.2 Å². The second kappa shape index (κ2) is 4.16. The highest BCUT2D eigenvalue weighted by Gasteiger charge is 2.53. The number of nitrogens with one attached hydrogen (secondary N) is 1. The topological polar surface area (TPSA) is 63.8 Å². The summed E-state index contributed by atoms with van der Waals surface area (Å²) >= 11 is 4.96. The Bertz CT molecular complexity index is 492. The van der Waals surface area contributed by atoms with Crippen molar-refractivity contribution in [1.29, 1.82) is 0 Å². The van der Waals surface area contributed by atoms with E-state index < -0.39 is 0 Å². The van der Waals surface area contributed by atoms with Gasteiger partial charge in [0.25, 0.3) is 0 Å². The van der Waals surface area contributed by atoms with Crippen LogP contribution in [0.3, 0.4) is 0 Å². The smallest absolute Gasteiger partial charge is 0.223 e. The molecule has 0 spiro atoms. The van der Waals surface area contributed by atoms with Crippen molar-refractivity contribution < 1.29 is 0 Å². The molecule has 0 radical (unpaired) electrons. The van der Waals surface area contributed by atoms with E-state index in [-0.39, 0.29) is 0 Å². The van der Waals surface area contributed by atoms with Gasteiger partial charge in [-0.1, -0.05) is 12.2 Å². The molecule has 0 unspecified atom stereocenters. The van der Waals surface area contributed by atoms with Gasteiger partial charge in [-0.3, -0.25) is 0 Å². The Morgan fingerprint density at radius 3 is 2.78 bits per heavy atom. The largest absolute Gasteiger partial charge is 0.388 e. The van der Waals surface area contributed by atoms with Crippen molar-refractivity contribution >= 4 is 23.2 Å². The first-order chi connectivity index (χ1) is 8.59. The van der Waals surface area contributed by atoms with Crippen LogP contribution in [0, 0.1) is 18.3 Å². The van der Waals surface area contributed by atoms with E-state index in [2.05, 4.69) is 15.3 Å². The molecule has 3 rings (SSSR count). The fourth-order valence-corrected chi connectivity index (χ4v) is 2.72. The van der Waals surface area contributed by atoms with Crippen molar-refractivity contribution in [2.24, 2.45) is 17.1 Å². The molecule has 0 aromatic carbocycles. The maximum Gasteiger partial charge on any atom is 0.223 e. The monoisotopic (exact) mass is 262 g/mol. The van der Waals surface area contributed by atoms with E-state index >= 15 is 0 Å². The quantitative estimate of drug-likeness (QED) is 0.795. The van der Waals surface area contributed by atoms with Gasteiger partial charge in [0.2, 0.25) is 5.95 Å². The summed E-state index contributed by atoms with van der Waals surface area (Å²) in [6.07, 6.45) is 5.49. The third kappa shape index (κ3) is 2.32. The van der Waals surface area contributed by atoms with Crippen molar-refractivity contribution in [3.8, 4) is 0 Å². The normalized spacial score (nSPS) is 20.5. The number of anilines is 1. The van der Waals surface area contributed by atoms with Gasteiger partial charge in [-0.15, -0.1) is 0 Å². The van der Waals surface area contributed by atoms with Crippen LogP contribution < -0.4 is 11.1 Å². The average molecular weight is 262 g/mol. The summed E-state index contributed by atoms with van der Waals surface area (Å²) < 4.78 is 0. The number of nitrogens with zero attached hydrogens (tertiary/aromatic N) is 2. The van der Waals surface area contributed by atoms with Gasteiger partial charge in [-0.25, -0.2) is 9.97 Å². The first kappa shape index (κ1) is 11.8. The molecular formula is C13H18N4S. The first-order valence-electron chi connectivity index (χ1n) is 6.48. The number of hydrogen-bond acceptors (Lipinski definition) is 4. The van der Waals surface area contributed by atoms with Crippen molar-refractivity contribution in [2.45, 2.75) is 32.6 Å². The maximum absolute atomic E-state index is 5.62. The van der Waals surface area contributed by atoms with Crippen LogP contribution in [0.1, 0.15) is 37.1 Å². The summed E-state index contributed by atoms with van der Waals surface area (Å²) in [5.74, 6) is 1.59. The molecule has 2 aliphatic rings. The van der Waals surface area contributed by atoms with E-state index in [1.165, 1.54) is 25.7 Å². The Labute approximate surface area is 112 Å². The first-order valence-corrected chi connectivity index (χ1v) is 6.89. The fraction of sp³-hybridized carbons (Fsp3) is 0.615. The molecule has 5 heteroatoms. The maximum atomic E-state index is 5.62. The van der Waals surface area contributed by atoms with Crippen LogP contribution in [0.2, 0.25) is 0 Å². The summed E-state index contributed by atoms with van der Waals surface area (Å²) in [5, 5.41) is 3.37. The number of hydrogen-bond donors (Lipinski definition) is 2. The lowest BCUT2D eigenvalue weighted by Crippen LogP contribution is -2.20. The van der Waals surface area contributed by atoms with E-state index in [0.29, 0.717) is 22.0 Å². The van der Waals surface area contributed by atoms with Crippen molar-refractivity contribution in [3.05, 3.63) is 17.5 Å². The molecule has 1 aromatic rings. The highest BCUT2D eigenvalue weighted by atomic mass is 32.1. The molecule has 1 heterocycles. The number of aromatic nitrogens is 2. The molecule has 96 valence electrons. The van der Waals surface area contributed by atoms with Crippen LogP contribution in [0.5, 0.6) is 0 Å². The third-order valence-corrected chi connectivity index (χ3v) is 4.25. The standard InChI is InChI=1S/C13H18N4S/c1-8-6-10(11(14)18)17-12(16-8)15-7-13(4-5-13)9-2-3-9/h6,9H,2-5,7H2,1H3,(H2,14,18)(H,15,16,17). The van der Waals surface area contributed by atoms with Crippen LogP contribution >= 0.6 is 12.2 Å². The van der Waals surface area contributed by atoms with Crippen molar-refractivity contribution in [3.63, 3.8) is 0 Å². The van der Waals surface area contributed by atoms with Gasteiger partial charge in [-0.2, -0.15) is 0 Å². The Morgan fingerprint density at radius 1 is 1.50 bits per heavy atom. The molecule has 0 saturated heterocycles. The molecule has 0 aliphatic heterocycles. The highest BCUT2D eigenvalue weighted by molar-refractivity contribution is 7.80. The second-order valence-electron chi connectivity index (χ2n) is 5.57. The lowest BCUT2D eigenvalue weighted by molar-refractivity contribution is 0.465. The van der Waals surface area contributed by atoms with Crippen LogP contribution in [0.25, 0.3) is 0 Å². The molecule has 3 N–H and O–H groups in total. The van der Waals surface area contributed by atoms with Gasteiger partial charge < -0.3 is 11.1 Å². The van der Waals surface area contributed by atoms with Crippen LogP contribution in [0.15, 0.2) is 6.07 Å². The predicted octanol–water partition coefficient (Wildman–Crippen LogP) is 2.02. The molecule has 2 saturated carbocycles. The molecule has 1 aromatic heterocycles. The predicted molar refractivity (Wildman–Crippen MR) is 75.5 cm³/mol. The average Bonchev–Trinajstić information content (AvgIpc) is 3.17. The summed E-state index contributed by atoms with van der Waals surface area (Å²) in [5.41, 5.74) is 7.70. The molecule has 18 heavy (non-hydrogen) atoms. The molecule has 0 bridgehead atoms. The number of aryl methyl sites for hydroxylation is 1. The Kier molecular flexibility index (Phi) is 2.73. The number of thiocarbonyl (C=S) groups is 1.